The first-order valence-electron chi connectivity index (χ1n) is 8.34. The monoisotopic (exact) mass is 336 g/mol. The highest BCUT2D eigenvalue weighted by Gasteiger charge is 2.36. The summed E-state index contributed by atoms with van der Waals surface area (Å²) in [5, 5.41) is 2.94. The molecule has 23 heavy (non-hydrogen) atoms. The maximum atomic E-state index is 12.6. The molecule has 7 heteroatoms. The minimum absolute atomic E-state index is 0.159. The van der Waals surface area contributed by atoms with Crippen LogP contribution in [0.25, 0.3) is 0 Å². The lowest BCUT2D eigenvalue weighted by atomic mass is 9.97. The zero-order valence-electron chi connectivity index (χ0n) is 13.8. The van der Waals surface area contributed by atoms with Crippen LogP contribution in [0.5, 0.6) is 0 Å². The van der Waals surface area contributed by atoms with Crippen LogP contribution in [0.3, 0.4) is 0 Å². The summed E-state index contributed by atoms with van der Waals surface area (Å²) in [5.41, 5.74) is 0. The Morgan fingerprint density at radius 2 is 1.74 bits per heavy atom. The Morgan fingerprint density at radius 1 is 1.09 bits per heavy atom. The third-order valence-corrected chi connectivity index (χ3v) is 5.70. The first-order chi connectivity index (χ1) is 11.1. The van der Waals surface area contributed by atoms with Gasteiger partial charge in [-0.05, 0) is 33.1 Å². The van der Waals surface area contributed by atoms with Crippen molar-refractivity contribution in [3.8, 4) is 0 Å². The Hall–Kier alpha value is -1.63. The van der Waals surface area contributed by atoms with Gasteiger partial charge in [0.1, 0.15) is 0 Å². The van der Waals surface area contributed by atoms with E-state index in [4.69, 9.17) is 0 Å². The van der Waals surface area contributed by atoms with Gasteiger partial charge in [0.2, 0.25) is 0 Å². The highest BCUT2D eigenvalue weighted by Crippen LogP contribution is 2.24. The summed E-state index contributed by atoms with van der Waals surface area (Å²) < 4.78 is 0. The van der Waals surface area contributed by atoms with E-state index in [9.17, 15) is 9.59 Å². The van der Waals surface area contributed by atoms with Gasteiger partial charge in [-0.25, -0.2) is 4.98 Å². The molecule has 3 heterocycles. The summed E-state index contributed by atoms with van der Waals surface area (Å²) in [7, 11) is 0. The highest BCUT2D eigenvalue weighted by molar-refractivity contribution is 7.13. The second-order valence-electron chi connectivity index (χ2n) is 6.44. The van der Waals surface area contributed by atoms with Crippen LogP contribution in [0.2, 0.25) is 0 Å². The third kappa shape index (κ3) is 3.34. The molecule has 2 atom stereocenters. The number of piperidine rings is 1. The van der Waals surface area contributed by atoms with Crippen LogP contribution in [0.4, 0.5) is 5.13 Å². The maximum absolute atomic E-state index is 12.6. The molecule has 0 spiro atoms. The molecule has 0 aromatic carbocycles. The van der Waals surface area contributed by atoms with Gasteiger partial charge in [-0.1, -0.05) is 0 Å². The SMILES string of the molecule is CC1CCCC(C)N1C(=O)C(=O)N1CCN(c2nccs2)CC1. The van der Waals surface area contributed by atoms with E-state index in [1.165, 1.54) is 0 Å². The number of rotatable bonds is 1. The van der Waals surface area contributed by atoms with Gasteiger partial charge in [0.05, 0.1) is 0 Å². The molecule has 0 saturated carbocycles. The van der Waals surface area contributed by atoms with Gasteiger partial charge < -0.3 is 14.7 Å². The van der Waals surface area contributed by atoms with Crippen LogP contribution in [0, 0.1) is 0 Å². The van der Waals surface area contributed by atoms with Crippen molar-refractivity contribution in [3.63, 3.8) is 0 Å². The number of amides is 2. The number of carbonyl (C=O) groups is 2. The van der Waals surface area contributed by atoms with Gasteiger partial charge in [-0.2, -0.15) is 0 Å². The predicted molar refractivity (Wildman–Crippen MR) is 90.5 cm³/mol. The van der Waals surface area contributed by atoms with Gasteiger partial charge in [0, 0.05) is 49.8 Å². The zero-order chi connectivity index (χ0) is 16.4. The van der Waals surface area contributed by atoms with Crippen LogP contribution in [0.1, 0.15) is 33.1 Å². The summed E-state index contributed by atoms with van der Waals surface area (Å²) in [6.07, 6.45) is 4.90. The zero-order valence-corrected chi connectivity index (χ0v) is 14.6. The minimum atomic E-state index is -0.343. The fraction of sp³-hybridized carbons (Fsp3) is 0.688. The van der Waals surface area contributed by atoms with E-state index >= 15 is 0 Å². The number of nitrogens with zero attached hydrogens (tertiary/aromatic N) is 4. The molecule has 2 aliphatic heterocycles. The highest BCUT2D eigenvalue weighted by atomic mass is 32.1. The largest absolute Gasteiger partial charge is 0.345 e. The summed E-state index contributed by atoms with van der Waals surface area (Å²) in [4.78, 5) is 35.2. The number of anilines is 1. The fourth-order valence-electron chi connectivity index (χ4n) is 3.54. The van der Waals surface area contributed by atoms with Gasteiger partial charge in [-0.3, -0.25) is 9.59 Å². The number of hydrogen-bond acceptors (Lipinski definition) is 5. The molecular weight excluding hydrogens is 312 g/mol. The van der Waals surface area contributed by atoms with E-state index in [2.05, 4.69) is 9.88 Å². The van der Waals surface area contributed by atoms with Crippen molar-refractivity contribution in [2.45, 2.75) is 45.2 Å². The van der Waals surface area contributed by atoms with Crippen LogP contribution < -0.4 is 4.90 Å². The molecule has 0 N–H and O–H groups in total. The quantitative estimate of drug-likeness (QED) is 0.731. The van der Waals surface area contributed by atoms with E-state index in [-0.39, 0.29) is 23.9 Å². The molecule has 2 saturated heterocycles. The van der Waals surface area contributed by atoms with Crippen molar-refractivity contribution >= 4 is 28.3 Å². The van der Waals surface area contributed by atoms with E-state index in [0.717, 1.165) is 37.5 Å². The predicted octanol–water partition coefficient (Wildman–Crippen LogP) is 1.58. The van der Waals surface area contributed by atoms with E-state index in [1.54, 1.807) is 27.3 Å². The Balaban J connectivity index is 1.59. The Kier molecular flexibility index (Phi) is 4.84. The minimum Gasteiger partial charge on any atom is -0.345 e. The third-order valence-electron chi connectivity index (χ3n) is 4.87. The van der Waals surface area contributed by atoms with Gasteiger partial charge in [-0.15, -0.1) is 11.3 Å². The number of thiazole rings is 1. The molecule has 2 aliphatic rings. The second kappa shape index (κ2) is 6.86. The van der Waals surface area contributed by atoms with E-state index < -0.39 is 0 Å². The molecule has 0 radical (unpaired) electrons. The molecule has 126 valence electrons. The topological polar surface area (TPSA) is 56.8 Å². The molecule has 2 amide bonds. The summed E-state index contributed by atoms with van der Waals surface area (Å²) >= 11 is 1.60. The van der Waals surface area contributed by atoms with E-state index in [1.807, 2.05) is 19.2 Å². The lowest BCUT2D eigenvalue weighted by molar-refractivity contribution is -0.155. The number of piperazine rings is 1. The lowest BCUT2D eigenvalue weighted by Crippen LogP contribution is -2.57. The molecule has 0 bridgehead atoms. The second-order valence-corrected chi connectivity index (χ2v) is 7.31. The van der Waals surface area contributed by atoms with Crippen LogP contribution >= 0.6 is 11.3 Å². The fourth-order valence-corrected chi connectivity index (χ4v) is 4.24. The Morgan fingerprint density at radius 3 is 2.30 bits per heavy atom. The number of aromatic nitrogens is 1. The molecule has 3 rings (SSSR count). The normalized spacial score (nSPS) is 25.6. The maximum Gasteiger partial charge on any atom is 0.312 e. The number of hydrogen-bond donors (Lipinski definition) is 0. The number of carbonyl (C=O) groups excluding carboxylic acids is 2. The van der Waals surface area contributed by atoms with Crippen molar-refractivity contribution < 1.29 is 9.59 Å². The molecule has 1 aromatic rings. The first-order valence-corrected chi connectivity index (χ1v) is 9.22. The van der Waals surface area contributed by atoms with Crippen molar-refractivity contribution in [2.75, 3.05) is 31.1 Å². The average molecular weight is 336 g/mol. The smallest absolute Gasteiger partial charge is 0.312 e. The lowest BCUT2D eigenvalue weighted by Gasteiger charge is -2.40. The average Bonchev–Trinajstić information content (AvgIpc) is 3.08. The van der Waals surface area contributed by atoms with Crippen molar-refractivity contribution in [1.29, 1.82) is 0 Å². The van der Waals surface area contributed by atoms with Crippen molar-refractivity contribution in [1.82, 2.24) is 14.8 Å². The Labute approximate surface area is 141 Å². The molecule has 0 aliphatic carbocycles. The standard InChI is InChI=1S/C16H24N4O2S/c1-12-4-3-5-13(2)20(12)15(22)14(21)18-7-9-19(10-8-18)16-17-6-11-23-16/h6,11-13H,3-5,7-10H2,1-2H3. The summed E-state index contributed by atoms with van der Waals surface area (Å²) in [6.45, 7) is 6.72. The molecule has 6 nitrogen and oxygen atoms in total. The Bertz CT molecular complexity index is 544. The van der Waals surface area contributed by atoms with Gasteiger partial charge in [0.25, 0.3) is 0 Å². The van der Waals surface area contributed by atoms with Crippen molar-refractivity contribution in [3.05, 3.63) is 11.6 Å². The van der Waals surface area contributed by atoms with Crippen LogP contribution in [-0.2, 0) is 9.59 Å². The van der Waals surface area contributed by atoms with Crippen LogP contribution in [-0.4, -0.2) is 64.9 Å². The number of likely N-dealkylation sites (tertiary alicyclic amines) is 1. The first kappa shape index (κ1) is 16.2. The van der Waals surface area contributed by atoms with Crippen molar-refractivity contribution in [2.24, 2.45) is 0 Å². The van der Waals surface area contributed by atoms with Gasteiger partial charge >= 0.3 is 11.8 Å². The summed E-state index contributed by atoms with van der Waals surface area (Å²) in [6, 6.07) is 0.318. The van der Waals surface area contributed by atoms with E-state index in [0.29, 0.717) is 13.1 Å². The molecule has 2 unspecified atom stereocenters. The van der Waals surface area contributed by atoms with Gasteiger partial charge in [0.15, 0.2) is 5.13 Å². The van der Waals surface area contributed by atoms with Crippen LogP contribution in [0.15, 0.2) is 11.6 Å². The molecular formula is C16H24N4O2S. The summed E-state index contributed by atoms with van der Waals surface area (Å²) in [5.74, 6) is -0.670. The molecule has 1 aromatic heterocycles. The molecule has 2 fully saturated rings.